The molecule has 0 aliphatic rings. The van der Waals surface area contributed by atoms with Crippen LogP contribution < -0.4 is 10.2 Å². The number of aromatic nitrogens is 2. The minimum atomic E-state index is 0.163. The molecule has 0 saturated heterocycles. The van der Waals surface area contributed by atoms with Gasteiger partial charge in [-0.2, -0.15) is 5.10 Å². The van der Waals surface area contributed by atoms with Crippen LogP contribution in [0.2, 0.25) is 5.02 Å². The summed E-state index contributed by atoms with van der Waals surface area (Å²) in [6, 6.07) is 6.07. The fourth-order valence-electron chi connectivity index (χ4n) is 2.74. The molecule has 114 valence electrons. The van der Waals surface area contributed by atoms with Crippen LogP contribution in [0.3, 0.4) is 0 Å². The van der Waals surface area contributed by atoms with Crippen molar-refractivity contribution in [1.82, 2.24) is 9.78 Å². The molecule has 21 heavy (non-hydrogen) atoms. The maximum Gasteiger partial charge on any atom is 0.0649 e. The van der Waals surface area contributed by atoms with Crippen LogP contribution in [0.1, 0.15) is 29.9 Å². The number of nitrogens with one attached hydrogen (secondary N) is 1. The van der Waals surface area contributed by atoms with Crippen molar-refractivity contribution in [2.75, 3.05) is 24.3 Å². The second-order valence-corrected chi connectivity index (χ2v) is 6.07. The van der Waals surface area contributed by atoms with E-state index in [-0.39, 0.29) is 6.04 Å². The Bertz CT molecular complexity index is 646. The lowest BCUT2D eigenvalue weighted by molar-refractivity contribution is 0.728. The minimum Gasteiger partial charge on any atom is -0.377 e. The van der Waals surface area contributed by atoms with E-state index in [4.69, 9.17) is 11.6 Å². The molecular formula is C16H23ClN4. The van der Waals surface area contributed by atoms with Crippen molar-refractivity contribution in [3.05, 3.63) is 40.2 Å². The van der Waals surface area contributed by atoms with E-state index in [1.807, 2.05) is 50.9 Å². The summed E-state index contributed by atoms with van der Waals surface area (Å²) in [5.74, 6) is 0. The third-order valence-electron chi connectivity index (χ3n) is 3.81. The fourth-order valence-corrected chi connectivity index (χ4v) is 2.91. The third kappa shape index (κ3) is 3.16. The monoisotopic (exact) mass is 306 g/mol. The van der Waals surface area contributed by atoms with Crippen molar-refractivity contribution in [2.24, 2.45) is 7.05 Å². The van der Waals surface area contributed by atoms with Crippen LogP contribution in [0.25, 0.3) is 0 Å². The molecular weight excluding hydrogens is 284 g/mol. The molecule has 1 unspecified atom stereocenters. The highest BCUT2D eigenvalue weighted by Crippen LogP contribution is 2.32. The number of aryl methyl sites for hydroxylation is 2. The minimum absolute atomic E-state index is 0.163. The normalized spacial score (nSPS) is 12.3. The first-order chi connectivity index (χ1) is 9.81. The average molecular weight is 307 g/mol. The summed E-state index contributed by atoms with van der Waals surface area (Å²) in [7, 11) is 6.03. The lowest BCUT2D eigenvalue weighted by Gasteiger charge is -2.22. The molecule has 1 N–H and O–H groups in total. The van der Waals surface area contributed by atoms with Crippen LogP contribution in [0.4, 0.5) is 11.4 Å². The molecule has 1 atom stereocenters. The van der Waals surface area contributed by atoms with Gasteiger partial charge in [0.25, 0.3) is 0 Å². The Morgan fingerprint density at radius 3 is 2.48 bits per heavy atom. The smallest absolute Gasteiger partial charge is 0.0649 e. The Morgan fingerprint density at radius 2 is 1.95 bits per heavy atom. The van der Waals surface area contributed by atoms with Gasteiger partial charge in [0, 0.05) is 37.4 Å². The molecule has 0 aliphatic carbocycles. The highest BCUT2D eigenvalue weighted by Gasteiger charge is 2.17. The first-order valence-electron chi connectivity index (χ1n) is 7.04. The van der Waals surface area contributed by atoms with Crippen molar-refractivity contribution in [3.8, 4) is 0 Å². The van der Waals surface area contributed by atoms with E-state index < -0.39 is 0 Å². The van der Waals surface area contributed by atoms with E-state index in [9.17, 15) is 0 Å². The maximum atomic E-state index is 6.14. The third-order valence-corrected chi connectivity index (χ3v) is 4.05. The van der Waals surface area contributed by atoms with Gasteiger partial charge in [0.15, 0.2) is 0 Å². The van der Waals surface area contributed by atoms with Crippen molar-refractivity contribution in [2.45, 2.75) is 26.8 Å². The number of hydrogen-bond donors (Lipinski definition) is 1. The van der Waals surface area contributed by atoms with E-state index >= 15 is 0 Å². The lowest BCUT2D eigenvalue weighted by atomic mass is 10.1. The zero-order valence-corrected chi connectivity index (χ0v) is 14.3. The largest absolute Gasteiger partial charge is 0.377 e. The summed E-state index contributed by atoms with van der Waals surface area (Å²) in [6.07, 6.45) is 0. The summed E-state index contributed by atoms with van der Waals surface area (Å²) in [6.45, 7) is 6.29. The van der Waals surface area contributed by atoms with Crippen molar-refractivity contribution in [3.63, 3.8) is 0 Å². The van der Waals surface area contributed by atoms with E-state index in [0.717, 1.165) is 22.1 Å². The van der Waals surface area contributed by atoms with E-state index in [0.29, 0.717) is 0 Å². The van der Waals surface area contributed by atoms with Crippen molar-refractivity contribution >= 4 is 23.0 Å². The number of anilines is 2. The number of hydrogen-bond acceptors (Lipinski definition) is 3. The van der Waals surface area contributed by atoms with Crippen LogP contribution in [-0.4, -0.2) is 23.9 Å². The highest BCUT2D eigenvalue weighted by atomic mass is 35.5. The first-order valence-corrected chi connectivity index (χ1v) is 7.42. The standard InChI is InChI=1S/C16H23ClN4/c1-10(16-11(2)19-21(6)12(16)3)18-14-9-13(17)7-8-15(14)20(4)5/h7-10,18H,1-6H3. The summed E-state index contributed by atoms with van der Waals surface area (Å²) in [5.41, 5.74) is 5.62. The van der Waals surface area contributed by atoms with Gasteiger partial charge in [0.1, 0.15) is 0 Å². The van der Waals surface area contributed by atoms with E-state index in [2.05, 4.69) is 29.2 Å². The van der Waals surface area contributed by atoms with Crippen LogP contribution in [0, 0.1) is 13.8 Å². The second-order valence-electron chi connectivity index (χ2n) is 5.63. The number of benzene rings is 1. The van der Waals surface area contributed by atoms with Crippen LogP contribution in [0.15, 0.2) is 18.2 Å². The summed E-state index contributed by atoms with van der Waals surface area (Å²) in [4.78, 5) is 2.08. The van der Waals surface area contributed by atoms with Crippen LogP contribution in [-0.2, 0) is 7.05 Å². The van der Waals surface area contributed by atoms with Gasteiger partial charge >= 0.3 is 0 Å². The van der Waals surface area contributed by atoms with Gasteiger partial charge in [-0.15, -0.1) is 0 Å². The summed E-state index contributed by atoms with van der Waals surface area (Å²) < 4.78 is 1.92. The average Bonchev–Trinajstić information content (AvgIpc) is 2.62. The topological polar surface area (TPSA) is 33.1 Å². The fraction of sp³-hybridized carbons (Fsp3) is 0.438. The van der Waals surface area contributed by atoms with Gasteiger partial charge < -0.3 is 10.2 Å². The Hall–Kier alpha value is -1.68. The summed E-state index contributed by atoms with van der Waals surface area (Å²) >= 11 is 6.14. The molecule has 0 fully saturated rings. The number of nitrogens with zero attached hydrogens (tertiary/aromatic N) is 3. The molecule has 0 aliphatic heterocycles. The molecule has 0 saturated carbocycles. The molecule has 0 amide bonds. The molecule has 0 bridgehead atoms. The van der Waals surface area contributed by atoms with Crippen LogP contribution >= 0.6 is 11.6 Å². The zero-order chi connectivity index (χ0) is 15.7. The lowest BCUT2D eigenvalue weighted by Crippen LogP contribution is -2.15. The molecule has 1 aromatic carbocycles. The van der Waals surface area contributed by atoms with Gasteiger partial charge in [-0.3, -0.25) is 4.68 Å². The molecule has 2 aromatic rings. The Morgan fingerprint density at radius 1 is 1.29 bits per heavy atom. The van der Waals surface area contributed by atoms with Gasteiger partial charge in [-0.25, -0.2) is 0 Å². The van der Waals surface area contributed by atoms with Crippen molar-refractivity contribution < 1.29 is 0 Å². The van der Waals surface area contributed by atoms with Crippen LogP contribution in [0.5, 0.6) is 0 Å². The number of halogens is 1. The molecule has 0 radical (unpaired) electrons. The van der Waals surface area contributed by atoms with E-state index in [1.54, 1.807) is 0 Å². The molecule has 0 spiro atoms. The van der Waals surface area contributed by atoms with Gasteiger partial charge in [0.2, 0.25) is 0 Å². The first kappa shape index (κ1) is 15.7. The van der Waals surface area contributed by atoms with E-state index in [1.165, 1.54) is 11.3 Å². The Balaban J connectivity index is 2.35. The van der Waals surface area contributed by atoms with Gasteiger partial charge in [-0.05, 0) is 39.0 Å². The zero-order valence-electron chi connectivity index (χ0n) is 13.5. The molecule has 2 rings (SSSR count). The molecule has 1 aromatic heterocycles. The Kier molecular flexibility index (Phi) is 4.47. The number of rotatable bonds is 4. The Labute approximate surface area is 131 Å². The second kappa shape index (κ2) is 5.98. The van der Waals surface area contributed by atoms with Gasteiger partial charge in [0.05, 0.1) is 23.1 Å². The predicted molar refractivity (Wildman–Crippen MR) is 90.5 cm³/mol. The maximum absolute atomic E-state index is 6.14. The quantitative estimate of drug-likeness (QED) is 0.929. The van der Waals surface area contributed by atoms with Crippen molar-refractivity contribution in [1.29, 1.82) is 0 Å². The SMILES string of the molecule is Cc1nn(C)c(C)c1C(C)Nc1cc(Cl)ccc1N(C)C. The highest BCUT2D eigenvalue weighted by molar-refractivity contribution is 6.31. The predicted octanol–water partition coefficient (Wildman–Crippen LogP) is 3.93. The molecule has 1 heterocycles. The van der Waals surface area contributed by atoms with Gasteiger partial charge in [-0.1, -0.05) is 11.6 Å². The molecule has 5 heteroatoms. The summed E-state index contributed by atoms with van der Waals surface area (Å²) in [5, 5.41) is 8.78. The molecule has 4 nitrogen and oxygen atoms in total.